The van der Waals surface area contributed by atoms with E-state index in [0.29, 0.717) is 40.8 Å². The van der Waals surface area contributed by atoms with Gasteiger partial charge in [0.1, 0.15) is 11.5 Å². The molecule has 0 aliphatic heterocycles. The lowest BCUT2D eigenvalue weighted by Gasteiger charge is -2.07. The van der Waals surface area contributed by atoms with Gasteiger partial charge in [-0.15, -0.1) is 0 Å². The number of hydrazone groups is 1. The number of amides is 1. The molecule has 0 spiro atoms. The van der Waals surface area contributed by atoms with Gasteiger partial charge in [0.25, 0.3) is 5.91 Å². The molecule has 1 heterocycles. The molecule has 0 saturated heterocycles. The lowest BCUT2D eigenvalue weighted by atomic mass is 10.1. The molecule has 0 saturated carbocycles. The normalized spacial score (nSPS) is 11.1. The maximum Gasteiger partial charge on any atom is 0.340 e. The second-order valence-electron chi connectivity index (χ2n) is 6.04. The molecule has 0 unspecified atom stereocenters. The molecule has 0 aliphatic rings. The molecule has 150 valence electrons. The van der Waals surface area contributed by atoms with Gasteiger partial charge >= 0.3 is 5.97 Å². The topological polar surface area (TPSA) is 102 Å². The van der Waals surface area contributed by atoms with Crippen molar-refractivity contribution < 1.29 is 23.8 Å². The molecule has 0 atom stereocenters. The number of carbonyl (C=O) groups is 2. The number of ether oxygens (including phenoxy) is 3. The predicted octanol–water partition coefficient (Wildman–Crippen LogP) is 2.74. The molecular formula is C20H25N3O5. The SMILES string of the molecule is CCOC(=O)c1c(C)[nH]c(C(C)=NNC(=O)COc2ccc(OC)cc2)c1C. The quantitative estimate of drug-likeness (QED) is 0.412. The Morgan fingerprint density at radius 1 is 1.14 bits per heavy atom. The molecule has 8 heteroatoms. The van der Waals surface area contributed by atoms with Gasteiger partial charge in [-0.25, -0.2) is 10.2 Å². The lowest BCUT2D eigenvalue weighted by Crippen LogP contribution is -2.25. The van der Waals surface area contributed by atoms with Crippen molar-refractivity contribution in [1.82, 2.24) is 10.4 Å². The minimum absolute atomic E-state index is 0.181. The standard InChI is InChI=1S/C20H25N3O5/c1-6-27-20(25)18-12(2)19(21-13(18)3)14(4)22-23-17(24)11-28-16-9-7-15(26-5)8-10-16/h7-10,21H,6,11H2,1-5H3,(H,23,24). The van der Waals surface area contributed by atoms with Crippen molar-refractivity contribution >= 4 is 17.6 Å². The Labute approximate surface area is 163 Å². The molecule has 2 N–H and O–H groups in total. The number of hydrogen-bond donors (Lipinski definition) is 2. The van der Waals surface area contributed by atoms with Crippen LogP contribution in [0.5, 0.6) is 11.5 Å². The number of benzene rings is 1. The van der Waals surface area contributed by atoms with Crippen LogP contribution in [-0.4, -0.2) is 42.9 Å². The third kappa shape index (κ3) is 5.12. The number of methoxy groups -OCH3 is 1. The highest BCUT2D eigenvalue weighted by molar-refractivity contribution is 6.03. The van der Waals surface area contributed by atoms with Crippen LogP contribution in [0.4, 0.5) is 0 Å². The van der Waals surface area contributed by atoms with Crippen molar-refractivity contribution in [2.45, 2.75) is 27.7 Å². The number of carbonyl (C=O) groups excluding carboxylic acids is 2. The Morgan fingerprint density at radius 3 is 2.39 bits per heavy atom. The average molecular weight is 387 g/mol. The van der Waals surface area contributed by atoms with Gasteiger partial charge < -0.3 is 19.2 Å². The molecule has 0 radical (unpaired) electrons. The van der Waals surface area contributed by atoms with Crippen LogP contribution in [-0.2, 0) is 9.53 Å². The van der Waals surface area contributed by atoms with Crippen molar-refractivity contribution in [1.29, 1.82) is 0 Å². The monoisotopic (exact) mass is 387 g/mol. The van der Waals surface area contributed by atoms with Gasteiger partial charge in [0.2, 0.25) is 0 Å². The summed E-state index contributed by atoms with van der Waals surface area (Å²) in [5.74, 6) is 0.467. The largest absolute Gasteiger partial charge is 0.497 e. The van der Waals surface area contributed by atoms with Gasteiger partial charge in [0.15, 0.2) is 6.61 Å². The van der Waals surface area contributed by atoms with E-state index in [9.17, 15) is 9.59 Å². The Morgan fingerprint density at radius 2 is 1.79 bits per heavy atom. The summed E-state index contributed by atoms with van der Waals surface area (Å²) in [5.41, 5.74) is 5.55. The number of aromatic amines is 1. The summed E-state index contributed by atoms with van der Waals surface area (Å²) in [6, 6.07) is 6.91. The Bertz CT molecular complexity index is 869. The van der Waals surface area contributed by atoms with E-state index in [-0.39, 0.29) is 12.6 Å². The zero-order valence-electron chi connectivity index (χ0n) is 16.7. The van der Waals surface area contributed by atoms with Gasteiger partial charge in [-0.2, -0.15) is 5.10 Å². The summed E-state index contributed by atoms with van der Waals surface area (Å²) >= 11 is 0. The number of nitrogens with one attached hydrogen (secondary N) is 2. The molecule has 1 aromatic carbocycles. The number of aromatic nitrogens is 1. The molecule has 2 rings (SSSR count). The summed E-state index contributed by atoms with van der Waals surface area (Å²) in [6.07, 6.45) is 0. The van der Waals surface area contributed by atoms with Crippen LogP contribution >= 0.6 is 0 Å². The average Bonchev–Trinajstić information content (AvgIpc) is 2.99. The predicted molar refractivity (Wildman–Crippen MR) is 105 cm³/mol. The van der Waals surface area contributed by atoms with Crippen LogP contribution in [0.15, 0.2) is 29.4 Å². The number of rotatable bonds is 8. The molecule has 0 bridgehead atoms. The Kier molecular flexibility index (Phi) is 7.20. The van der Waals surface area contributed by atoms with Crippen molar-refractivity contribution in [2.24, 2.45) is 5.10 Å². The number of nitrogens with zero attached hydrogens (tertiary/aromatic N) is 1. The molecule has 0 aliphatic carbocycles. The van der Waals surface area contributed by atoms with Crippen LogP contribution in [0.3, 0.4) is 0 Å². The first kappa shape index (κ1) is 21.0. The van der Waals surface area contributed by atoms with Gasteiger partial charge in [0.05, 0.1) is 30.7 Å². The van der Waals surface area contributed by atoms with E-state index >= 15 is 0 Å². The van der Waals surface area contributed by atoms with Crippen LogP contribution in [0, 0.1) is 13.8 Å². The molecule has 1 amide bonds. The first-order valence-electron chi connectivity index (χ1n) is 8.84. The van der Waals surface area contributed by atoms with E-state index in [1.165, 1.54) is 0 Å². The Balaban J connectivity index is 1.98. The summed E-state index contributed by atoms with van der Waals surface area (Å²) < 4.78 is 15.5. The fraction of sp³-hybridized carbons (Fsp3) is 0.350. The summed E-state index contributed by atoms with van der Waals surface area (Å²) in [7, 11) is 1.58. The van der Waals surface area contributed by atoms with E-state index in [1.54, 1.807) is 59.1 Å². The number of hydrogen-bond acceptors (Lipinski definition) is 6. The second-order valence-corrected chi connectivity index (χ2v) is 6.04. The van der Waals surface area contributed by atoms with Crippen molar-refractivity contribution in [3.63, 3.8) is 0 Å². The third-order valence-corrected chi connectivity index (χ3v) is 4.06. The molecular weight excluding hydrogens is 362 g/mol. The van der Waals surface area contributed by atoms with Crippen LogP contribution in [0.25, 0.3) is 0 Å². The van der Waals surface area contributed by atoms with Crippen molar-refractivity contribution in [3.05, 3.63) is 46.8 Å². The lowest BCUT2D eigenvalue weighted by molar-refractivity contribution is -0.123. The van der Waals surface area contributed by atoms with Crippen LogP contribution < -0.4 is 14.9 Å². The van der Waals surface area contributed by atoms with Crippen LogP contribution in [0.2, 0.25) is 0 Å². The number of aryl methyl sites for hydroxylation is 1. The van der Waals surface area contributed by atoms with E-state index in [2.05, 4.69) is 15.5 Å². The van der Waals surface area contributed by atoms with E-state index in [0.717, 1.165) is 5.56 Å². The van der Waals surface area contributed by atoms with E-state index in [4.69, 9.17) is 14.2 Å². The zero-order chi connectivity index (χ0) is 20.7. The summed E-state index contributed by atoms with van der Waals surface area (Å²) in [4.78, 5) is 27.2. The van der Waals surface area contributed by atoms with Gasteiger partial charge in [-0.3, -0.25) is 4.79 Å². The zero-order valence-corrected chi connectivity index (χ0v) is 16.7. The Hall–Kier alpha value is -3.29. The number of H-pyrrole nitrogens is 1. The van der Waals surface area contributed by atoms with E-state index in [1.807, 2.05) is 0 Å². The van der Waals surface area contributed by atoms with Crippen molar-refractivity contribution in [3.8, 4) is 11.5 Å². The number of esters is 1. The van der Waals surface area contributed by atoms with Crippen LogP contribution in [0.1, 0.15) is 41.2 Å². The van der Waals surface area contributed by atoms with Gasteiger partial charge in [-0.05, 0) is 57.5 Å². The highest BCUT2D eigenvalue weighted by Gasteiger charge is 2.20. The summed E-state index contributed by atoms with van der Waals surface area (Å²) in [5, 5.41) is 4.09. The van der Waals surface area contributed by atoms with E-state index < -0.39 is 5.91 Å². The minimum Gasteiger partial charge on any atom is -0.497 e. The first-order chi connectivity index (χ1) is 13.4. The minimum atomic E-state index is -0.401. The summed E-state index contributed by atoms with van der Waals surface area (Å²) in [6.45, 7) is 7.20. The fourth-order valence-electron chi connectivity index (χ4n) is 2.68. The molecule has 0 fully saturated rings. The molecule has 1 aromatic heterocycles. The highest BCUT2D eigenvalue weighted by atomic mass is 16.5. The van der Waals surface area contributed by atoms with Crippen molar-refractivity contribution in [2.75, 3.05) is 20.3 Å². The smallest absolute Gasteiger partial charge is 0.340 e. The molecule has 8 nitrogen and oxygen atoms in total. The molecule has 2 aromatic rings. The fourth-order valence-corrected chi connectivity index (χ4v) is 2.68. The third-order valence-electron chi connectivity index (χ3n) is 4.06. The van der Waals surface area contributed by atoms with Gasteiger partial charge in [0, 0.05) is 5.69 Å². The highest BCUT2D eigenvalue weighted by Crippen LogP contribution is 2.20. The maximum absolute atomic E-state index is 12.1. The maximum atomic E-state index is 12.1. The second kappa shape index (κ2) is 9.59. The first-order valence-corrected chi connectivity index (χ1v) is 8.84. The molecule has 28 heavy (non-hydrogen) atoms. The van der Waals surface area contributed by atoms with Gasteiger partial charge in [-0.1, -0.05) is 0 Å².